The van der Waals surface area contributed by atoms with Crippen LogP contribution in [0.15, 0.2) is 12.7 Å². The van der Waals surface area contributed by atoms with Crippen LogP contribution in [0.3, 0.4) is 0 Å². The Balaban J connectivity index is 2.86. The van der Waals surface area contributed by atoms with E-state index in [4.69, 9.17) is 18.9 Å². The first-order chi connectivity index (χ1) is 9.36. The molecule has 1 heterocycles. The van der Waals surface area contributed by atoms with Crippen LogP contribution in [0.5, 0.6) is 0 Å². The fourth-order valence-corrected chi connectivity index (χ4v) is 1.96. The van der Waals surface area contributed by atoms with Gasteiger partial charge in [-0.15, -0.1) is 6.58 Å². The number of aliphatic hydroxyl groups is 1. The largest absolute Gasteiger partial charge is 0.457 e. The van der Waals surface area contributed by atoms with Crippen molar-refractivity contribution in [1.29, 1.82) is 0 Å². The van der Waals surface area contributed by atoms with Crippen LogP contribution in [-0.4, -0.2) is 54.4 Å². The topological polar surface area (TPSA) is 91.3 Å². The summed E-state index contributed by atoms with van der Waals surface area (Å²) in [4.78, 5) is 22.2. The van der Waals surface area contributed by atoms with E-state index in [1.165, 1.54) is 19.9 Å². The van der Waals surface area contributed by atoms with Crippen molar-refractivity contribution in [3.63, 3.8) is 0 Å². The maximum absolute atomic E-state index is 11.1. The van der Waals surface area contributed by atoms with E-state index in [2.05, 4.69) is 6.58 Å². The summed E-state index contributed by atoms with van der Waals surface area (Å²) in [6.07, 6.45) is -3.29. The van der Waals surface area contributed by atoms with E-state index in [0.29, 0.717) is 0 Å². The third-order valence-corrected chi connectivity index (χ3v) is 2.74. The van der Waals surface area contributed by atoms with E-state index in [-0.39, 0.29) is 6.61 Å². The van der Waals surface area contributed by atoms with Crippen LogP contribution in [0.2, 0.25) is 0 Å². The minimum absolute atomic E-state index is 0.167. The van der Waals surface area contributed by atoms with Crippen molar-refractivity contribution in [2.45, 2.75) is 51.5 Å². The number of carbonyl (C=O) groups is 2. The molecule has 7 heteroatoms. The Labute approximate surface area is 117 Å². The molecule has 1 aliphatic heterocycles. The van der Waals surface area contributed by atoms with Gasteiger partial charge in [-0.1, -0.05) is 6.08 Å². The van der Waals surface area contributed by atoms with Crippen LogP contribution >= 0.6 is 0 Å². The van der Waals surface area contributed by atoms with Gasteiger partial charge in [-0.3, -0.25) is 9.59 Å². The van der Waals surface area contributed by atoms with Gasteiger partial charge in [0.1, 0.15) is 6.10 Å². The molecule has 1 rings (SSSR count). The summed E-state index contributed by atoms with van der Waals surface area (Å²) in [6.45, 7) is 7.73. The molecule has 5 atom stereocenters. The molecule has 1 aliphatic rings. The summed E-state index contributed by atoms with van der Waals surface area (Å²) in [5, 5.41) is 10.2. The molecule has 0 bridgehead atoms. The first-order valence-electron chi connectivity index (χ1n) is 6.27. The zero-order valence-corrected chi connectivity index (χ0v) is 11.8. The monoisotopic (exact) mass is 288 g/mol. The SMILES string of the molecule is C=CCO[C@H]1O[C@H](C)[C@H](OC(C)=O)[C@H](O)[C@H]1OC(C)=O. The Hall–Kier alpha value is -1.44. The summed E-state index contributed by atoms with van der Waals surface area (Å²) in [5.74, 6) is -1.16. The van der Waals surface area contributed by atoms with Gasteiger partial charge in [-0.2, -0.15) is 0 Å². The van der Waals surface area contributed by atoms with Crippen LogP contribution in [0, 0.1) is 0 Å². The number of rotatable bonds is 5. The Morgan fingerprint density at radius 1 is 1.25 bits per heavy atom. The van der Waals surface area contributed by atoms with Crippen molar-refractivity contribution < 1.29 is 33.6 Å². The molecular weight excluding hydrogens is 268 g/mol. The van der Waals surface area contributed by atoms with Crippen LogP contribution in [0.4, 0.5) is 0 Å². The highest BCUT2D eigenvalue weighted by Gasteiger charge is 2.47. The lowest BCUT2D eigenvalue weighted by Crippen LogP contribution is -2.59. The highest BCUT2D eigenvalue weighted by molar-refractivity contribution is 5.67. The minimum atomic E-state index is -1.23. The van der Waals surface area contributed by atoms with E-state index in [0.717, 1.165) is 0 Å². The van der Waals surface area contributed by atoms with Crippen molar-refractivity contribution in [2.24, 2.45) is 0 Å². The summed E-state index contributed by atoms with van der Waals surface area (Å²) >= 11 is 0. The van der Waals surface area contributed by atoms with E-state index < -0.39 is 42.6 Å². The molecule has 0 spiro atoms. The van der Waals surface area contributed by atoms with Gasteiger partial charge >= 0.3 is 11.9 Å². The second-order valence-corrected chi connectivity index (χ2v) is 4.47. The lowest BCUT2D eigenvalue weighted by Gasteiger charge is -2.41. The summed E-state index contributed by atoms with van der Waals surface area (Å²) in [7, 11) is 0. The quantitative estimate of drug-likeness (QED) is 0.569. The summed E-state index contributed by atoms with van der Waals surface area (Å²) in [6, 6.07) is 0. The molecule has 0 amide bonds. The average Bonchev–Trinajstić information content (AvgIpc) is 2.35. The van der Waals surface area contributed by atoms with Gasteiger partial charge in [0.25, 0.3) is 0 Å². The number of aliphatic hydroxyl groups excluding tert-OH is 1. The van der Waals surface area contributed by atoms with Gasteiger partial charge < -0.3 is 24.1 Å². The van der Waals surface area contributed by atoms with Gasteiger partial charge in [0.05, 0.1) is 12.7 Å². The van der Waals surface area contributed by atoms with Gasteiger partial charge in [0.2, 0.25) is 0 Å². The molecule has 0 radical (unpaired) electrons. The molecule has 0 unspecified atom stereocenters. The Morgan fingerprint density at radius 2 is 1.80 bits per heavy atom. The average molecular weight is 288 g/mol. The van der Waals surface area contributed by atoms with Crippen LogP contribution in [-0.2, 0) is 28.5 Å². The van der Waals surface area contributed by atoms with Crippen molar-refractivity contribution in [2.75, 3.05) is 6.61 Å². The predicted octanol–water partition coefficient (Wildman–Crippen LogP) is 0.158. The van der Waals surface area contributed by atoms with E-state index >= 15 is 0 Å². The van der Waals surface area contributed by atoms with Crippen LogP contribution in [0.25, 0.3) is 0 Å². The maximum atomic E-state index is 11.1. The molecule has 1 N–H and O–H groups in total. The van der Waals surface area contributed by atoms with E-state index in [9.17, 15) is 14.7 Å². The standard InChI is InChI=1S/C13H20O7/c1-5-6-17-13-12(20-9(4)15)10(16)11(7(2)18-13)19-8(3)14/h5,7,10-13,16H,1,6H2,2-4H3/t7-,10+,11+,12-,13+/m1/s1. The number of carbonyl (C=O) groups excluding carboxylic acids is 2. The Morgan fingerprint density at radius 3 is 2.30 bits per heavy atom. The third kappa shape index (κ3) is 4.29. The van der Waals surface area contributed by atoms with Crippen molar-refractivity contribution in [1.82, 2.24) is 0 Å². The highest BCUT2D eigenvalue weighted by atomic mass is 16.7. The normalized spacial score (nSPS) is 33.3. The van der Waals surface area contributed by atoms with Crippen LogP contribution < -0.4 is 0 Å². The molecular formula is C13H20O7. The Bertz CT molecular complexity index is 368. The predicted molar refractivity (Wildman–Crippen MR) is 67.6 cm³/mol. The molecule has 0 aliphatic carbocycles. The molecule has 0 aromatic carbocycles. The lowest BCUT2D eigenvalue weighted by atomic mass is 9.99. The van der Waals surface area contributed by atoms with Crippen LogP contribution in [0.1, 0.15) is 20.8 Å². The third-order valence-electron chi connectivity index (χ3n) is 2.74. The lowest BCUT2D eigenvalue weighted by molar-refractivity contribution is -0.296. The second kappa shape index (κ2) is 7.37. The number of hydrogen-bond donors (Lipinski definition) is 1. The zero-order chi connectivity index (χ0) is 15.3. The van der Waals surface area contributed by atoms with Gasteiger partial charge in [-0.25, -0.2) is 0 Å². The number of ether oxygens (including phenoxy) is 4. The number of hydrogen-bond acceptors (Lipinski definition) is 7. The van der Waals surface area contributed by atoms with Gasteiger partial charge in [-0.05, 0) is 6.92 Å². The molecule has 1 fully saturated rings. The molecule has 0 saturated carbocycles. The molecule has 114 valence electrons. The fraction of sp³-hybridized carbons (Fsp3) is 0.692. The zero-order valence-electron chi connectivity index (χ0n) is 11.8. The van der Waals surface area contributed by atoms with Gasteiger partial charge in [0.15, 0.2) is 18.5 Å². The minimum Gasteiger partial charge on any atom is -0.457 e. The molecule has 7 nitrogen and oxygen atoms in total. The fourth-order valence-electron chi connectivity index (χ4n) is 1.96. The summed E-state index contributed by atoms with van der Waals surface area (Å²) < 4.78 is 20.8. The Kier molecular flexibility index (Phi) is 6.12. The smallest absolute Gasteiger partial charge is 0.303 e. The molecule has 20 heavy (non-hydrogen) atoms. The second-order valence-electron chi connectivity index (χ2n) is 4.47. The number of esters is 2. The van der Waals surface area contributed by atoms with Crippen molar-refractivity contribution >= 4 is 11.9 Å². The molecule has 1 saturated heterocycles. The molecule has 0 aromatic heterocycles. The maximum Gasteiger partial charge on any atom is 0.303 e. The van der Waals surface area contributed by atoms with Crippen molar-refractivity contribution in [3.8, 4) is 0 Å². The van der Waals surface area contributed by atoms with E-state index in [1.807, 2.05) is 0 Å². The highest BCUT2D eigenvalue weighted by Crippen LogP contribution is 2.26. The first kappa shape index (κ1) is 16.6. The molecule has 0 aromatic rings. The first-order valence-corrected chi connectivity index (χ1v) is 6.27. The van der Waals surface area contributed by atoms with Gasteiger partial charge in [0, 0.05) is 13.8 Å². The van der Waals surface area contributed by atoms with E-state index in [1.54, 1.807) is 6.92 Å². The van der Waals surface area contributed by atoms with Crippen molar-refractivity contribution in [3.05, 3.63) is 12.7 Å². The summed E-state index contributed by atoms with van der Waals surface area (Å²) in [5.41, 5.74) is 0.